The molecule has 1 atom stereocenters. The monoisotopic (exact) mass is 419 g/mol. The topological polar surface area (TPSA) is 101 Å². The van der Waals surface area contributed by atoms with Crippen LogP contribution in [-0.2, 0) is 14.3 Å². The van der Waals surface area contributed by atoms with Crippen LogP contribution in [0, 0.1) is 0 Å². The van der Waals surface area contributed by atoms with Crippen LogP contribution in [0.3, 0.4) is 0 Å². The second-order valence-corrected chi connectivity index (χ2v) is 7.33. The summed E-state index contributed by atoms with van der Waals surface area (Å²) in [4.78, 5) is 17.4. The molecule has 0 unspecified atom stereocenters. The number of benzene rings is 1. The van der Waals surface area contributed by atoms with Crippen molar-refractivity contribution in [2.24, 2.45) is 4.99 Å². The smallest absolute Gasteiger partial charge is 0.266 e. The Labute approximate surface area is 178 Å². The predicted octanol–water partition coefficient (Wildman–Crippen LogP) is 1.98. The minimum atomic E-state index is -1.05. The van der Waals surface area contributed by atoms with Crippen molar-refractivity contribution in [3.63, 3.8) is 0 Å². The summed E-state index contributed by atoms with van der Waals surface area (Å²) in [7, 11) is 0. The van der Waals surface area contributed by atoms with Crippen LogP contribution in [0.4, 0.5) is 0 Å². The molecular formula is C22H33N3O5. The molecule has 1 aliphatic rings. The number of aliphatic hydroxyl groups is 1. The molecule has 8 nitrogen and oxygen atoms in total. The lowest BCUT2D eigenvalue weighted by Gasteiger charge is -2.21. The molecule has 0 bridgehead atoms. The number of hydrogen-bond donors (Lipinski definition) is 3. The van der Waals surface area contributed by atoms with Gasteiger partial charge in [-0.1, -0.05) is 6.08 Å². The zero-order valence-electron chi connectivity index (χ0n) is 17.9. The van der Waals surface area contributed by atoms with Gasteiger partial charge in [-0.3, -0.25) is 10.2 Å². The van der Waals surface area contributed by atoms with Gasteiger partial charge >= 0.3 is 0 Å². The molecular weight excluding hydrogens is 386 g/mol. The van der Waals surface area contributed by atoms with Crippen LogP contribution in [0.25, 0.3) is 0 Å². The first-order chi connectivity index (χ1) is 14.5. The summed E-state index contributed by atoms with van der Waals surface area (Å²) in [6.07, 6.45) is 3.59. The van der Waals surface area contributed by atoms with E-state index in [-0.39, 0.29) is 25.2 Å². The molecule has 0 aromatic heterocycles. The number of nitrogens with zero attached hydrogens (tertiary/aromatic N) is 1. The summed E-state index contributed by atoms with van der Waals surface area (Å²) >= 11 is 0. The molecule has 1 aromatic carbocycles. The summed E-state index contributed by atoms with van der Waals surface area (Å²) in [5, 5.41) is 8.82. The number of aliphatic imine (C=N–C) groups is 1. The van der Waals surface area contributed by atoms with E-state index in [9.17, 15) is 4.79 Å². The molecule has 1 aromatic rings. The fraction of sp³-hybridized carbons (Fsp3) is 0.545. The maximum absolute atomic E-state index is 12.8. The molecule has 0 saturated carbocycles. The van der Waals surface area contributed by atoms with Crippen molar-refractivity contribution in [2.45, 2.75) is 44.8 Å². The third-order valence-corrected chi connectivity index (χ3v) is 4.44. The Kier molecular flexibility index (Phi) is 9.79. The van der Waals surface area contributed by atoms with Crippen LogP contribution in [0.15, 0.2) is 41.9 Å². The van der Waals surface area contributed by atoms with Crippen molar-refractivity contribution < 1.29 is 24.1 Å². The lowest BCUT2D eigenvalue weighted by Crippen LogP contribution is -2.51. The number of hydrazine groups is 1. The standard InChI is InChI=1S/C22H33N3O5/c1-4-11-22(21(27)25-23-12-5-14-28-17(2)3)16-30-20(24-22)18-7-9-19(10-8-18)29-15-6-13-26/h4,7-10,17,23,26H,1,5-6,11-16H2,2-3H3,(H,25,27)/t22-/m0/s1. The van der Waals surface area contributed by atoms with Crippen LogP contribution in [0.1, 0.15) is 38.7 Å². The second-order valence-electron chi connectivity index (χ2n) is 7.33. The van der Waals surface area contributed by atoms with Crippen molar-refractivity contribution in [1.82, 2.24) is 10.9 Å². The molecule has 1 aliphatic heterocycles. The highest BCUT2D eigenvalue weighted by atomic mass is 16.5. The maximum Gasteiger partial charge on any atom is 0.266 e. The highest BCUT2D eigenvalue weighted by Gasteiger charge is 2.43. The van der Waals surface area contributed by atoms with E-state index < -0.39 is 5.54 Å². The SMILES string of the molecule is C=CC[C@@]1(C(=O)NNCCCOC(C)C)COC(c2ccc(OCCCO)cc2)=N1. The first-order valence-corrected chi connectivity index (χ1v) is 10.3. The lowest BCUT2D eigenvalue weighted by atomic mass is 9.97. The van der Waals surface area contributed by atoms with Gasteiger partial charge in [-0.05, 0) is 44.5 Å². The third-order valence-electron chi connectivity index (χ3n) is 4.44. The highest BCUT2D eigenvalue weighted by Crippen LogP contribution is 2.27. The van der Waals surface area contributed by atoms with Gasteiger partial charge in [0, 0.05) is 38.2 Å². The fourth-order valence-corrected chi connectivity index (χ4v) is 2.83. The van der Waals surface area contributed by atoms with Crippen LogP contribution in [0.5, 0.6) is 5.75 Å². The molecule has 3 N–H and O–H groups in total. The number of amides is 1. The third kappa shape index (κ3) is 7.12. The largest absolute Gasteiger partial charge is 0.494 e. The van der Waals surface area contributed by atoms with Crippen molar-refractivity contribution in [3.05, 3.63) is 42.5 Å². The van der Waals surface area contributed by atoms with Crippen LogP contribution >= 0.6 is 0 Å². The molecule has 8 heteroatoms. The van der Waals surface area contributed by atoms with Crippen molar-refractivity contribution in [2.75, 3.05) is 33.0 Å². The average Bonchev–Trinajstić information content (AvgIpc) is 3.16. The molecule has 2 rings (SSSR count). The Morgan fingerprint density at radius 2 is 2.10 bits per heavy atom. The van der Waals surface area contributed by atoms with Gasteiger partial charge in [-0.2, -0.15) is 0 Å². The quantitative estimate of drug-likeness (QED) is 0.242. The molecule has 30 heavy (non-hydrogen) atoms. The van der Waals surface area contributed by atoms with Gasteiger partial charge in [0.25, 0.3) is 5.91 Å². The first-order valence-electron chi connectivity index (χ1n) is 10.3. The minimum Gasteiger partial charge on any atom is -0.494 e. The zero-order chi connectivity index (χ0) is 21.8. The van der Waals surface area contributed by atoms with E-state index in [0.717, 1.165) is 12.0 Å². The number of carbonyl (C=O) groups excluding carboxylic acids is 1. The first kappa shape index (κ1) is 23.9. The minimum absolute atomic E-state index is 0.0940. The van der Waals surface area contributed by atoms with E-state index in [1.807, 2.05) is 38.1 Å². The molecule has 0 spiro atoms. The highest BCUT2D eigenvalue weighted by molar-refractivity contribution is 6.00. The predicted molar refractivity (Wildman–Crippen MR) is 116 cm³/mol. The van der Waals surface area contributed by atoms with E-state index in [1.54, 1.807) is 6.08 Å². The van der Waals surface area contributed by atoms with E-state index >= 15 is 0 Å². The van der Waals surface area contributed by atoms with Gasteiger partial charge in [0.2, 0.25) is 5.90 Å². The molecule has 0 fully saturated rings. The Bertz CT molecular complexity index is 705. The van der Waals surface area contributed by atoms with Gasteiger partial charge in [0.1, 0.15) is 12.4 Å². The Hall–Kier alpha value is -2.42. The van der Waals surface area contributed by atoms with Crippen molar-refractivity contribution in [3.8, 4) is 5.75 Å². The van der Waals surface area contributed by atoms with Crippen molar-refractivity contribution >= 4 is 11.8 Å². The lowest BCUT2D eigenvalue weighted by molar-refractivity contribution is -0.127. The van der Waals surface area contributed by atoms with Crippen LogP contribution in [0.2, 0.25) is 0 Å². The number of aliphatic hydroxyl groups excluding tert-OH is 1. The summed E-state index contributed by atoms with van der Waals surface area (Å²) in [6, 6.07) is 7.30. The zero-order valence-corrected chi connectivity index (χ0v) is 17.9. The maximum atomic E-state index is 12.8. The molecule has 0 aliphatic carbocycles. The number of rotatable bonds is 14. The molecule has 0 saturated heterocycles. The van der Waals surface area contributed by atoms with E-state index in [1.165, 1.54) is 0 Å². The Morgan fingerprint density at radius 3 is 2.77 bits per heavy atom. The van der Waals surface area contributed by atoms with E-state index in [4.69, 9.17) is 19.3 Å². The fourth-order valence-electron chi connectivity index (χ4n) is 2.83. The summed E-state index contributed by atoms with van der Waals surface area (Å²) in [5.74, 6) is 0.858. The van der Waals surface area contributed by atoms with Gasteiger partial charge in [0.05, 0.1) is 12.7 Å². The van der Waals surface area contributed by atoms with Gasteiger partial charge in [-0.15, -0.1) is 6.58 Å². The number of ether oxygens (including phenoxy) is 3. The number of nitrogens with one attached hydrogen (secondary N) is 2. The average molecular weight is 420 g/mol. The van der Waals surface area contributed by atoms with E-state index in [2.05, 4.69) is 22.4 Å². The van der Waals surface area contributed by atoms with E-state index in [0.29, 0.717) is 44.2 Å². The van der Waals surface area contributed by atoms with Crippen LogP contribution < -0.4 is 15.6 Å². The summed E-state index contributed by atoms with van der Waals surface area (Å²) < 4.78 is 16.8. The van der Waals surface area contributed by atoms with Gasteiger partial charge in [-0.25, -0.2) is 10.4 Å². The van der Waals surface area contributed by atoms with Crippen molar-refractivity contribution in [1.29, 1.82) is 0 Å². The Balaban J connectivity index is 1.94. The molecule has 0 radical (unpaired) electrons. The molecule has 1 heterocycles. The number of carbonyl (C=O) groups is 1. The number of hydrogen-bond acceptors (Lipinski definition) is 7. The Morgan fingerprint density at radius 1 is 1.33 bits per heavy atom. The molecule has 1 amide bonds. The van der Waals surface area contributed by atoms with Gasteiger partial charge in [0.15, 0.2) is 5.54 Å². The second kappa shape index (κ2) is 12.3. The summed E-state index contributed by atoms with van der Waals surface area (Å²) in [6.45, 7) is 9.65. The normalized spacial score (nSPS) is 18.1. The molecule has 166 valence electrons. The summed E-state index contributed by atoms with van der Waals surface area (Å²) in [5.41, 5.74) is 5.38. The van der Waals surface area contributed by atoms with Crippen LogP contribution in [-0.4, -0.2) is 61.5 Å². The van der Waals surface area contributed by atoms with Gasteiger partial charge < -0.3 is 19.3 Å².